The highest BCUT2D eigenvalue weighted by atomic mass is 19.1. The summed E-state index contributed by atoms with van der Waals surface area (Å²) in [6.45, 7) is 2.39. The summed E-state index contributed by atoms with van der Waals surface area (Å²) in [6.07, 6.45) is 0.596. The maximum absolute atomic E-state index is 14.3. The molecule has 2 rings (SSSR count). The molecule has 0 bridgehead atoms. The van der Waals surface area contributed by atoms with Crippen LogP contribution in [0.1, 0.15) is 23.7 Å². The normalized spacial score (nSPS) is 11.8. The molecular weight excluding hydrogens is 309 g/mol. The first-order valence-electron chi connectivity index (χ1n) is 7.88. The van der Waals surface area contributed by atoms with Gasteiger partial charge in [0, 0.05) is 13.2 Å². The molecule has 1 amide bonds. The summed E-state index contributed by atoms with van der Waals surface area (Å²) in [5.41, 5.74) is 1.56. The lowest BCUT2D eigenvalue weighted by atomic mass is 10.0. The molecule has 0 aromatic heterocycles. The number of nitrogens with one attached hydrogen (secondary N) is 1. The maximum Gasteiger partial charge on any atom is 0.254 e. The van der Waals surface area contributed by atoms with E-state index in [9.17, 15) is 9.18 Å². The number of amides is 1. The van der Waals surface area contributed by atoms with Crippen LogP contribution in [0, 0.1) is 11.7 Å². The Hall–Kier alpha value is -2.40. The Morgan fingerprint density at radius 2 is 1.88 bits per heavy atom. The fourth-order valence-corrected chi connectivity index (χ4v) is 2.35. The van der Waals surface area contributed by atoms with Crippen molar-refractivity contribution in [1.82, 2.24) is 5.32 Å². The number of aliphatic hydroxyl groups is 1. The molecule has 0 spiro atoms. The molecule has 0 radical (unpaired) electrons. The lowest BCUT2D eigenvalue weighted by molar-refractivity contribution is 0.0941. The minimum Gasteiger partial charge on any atom is -0.497 e. The fraction of sp³-hybridized carbons (Fsp3) is 0.316. The number of carbonyl (C=O) groups is 1. The number of hydrogen-bond donors (Lipinski definition) is 2. The summed E-state index contributed by atoms with van der Waals surface area (Å²) in [4.78, 5) is 12.1. The van der Waals surface area contributed by atoms with Crippen molar-refractivity contribution < 1.29 is 19.0 Å². The van der Waals surface area contributed by atoms with Gasteiger partial charge in [0.15, 0.2) is 0 Å². The molecule has 24 heavy (non-hydrogen) atoms. The van der Waals surface area contributed by atoms with Crippen LogP contribution in [-0.4, -0.2) is 31.3 Å². The lowest BCUT2D eigenvalue weighted by Crippen LogP contribution is -2.29. The zero-order valence-electron chi connectivity index (χ0n) is 13.9. The molecule has 2 N–H and O–H groups in total. The van der Waals surface area contributed by atoms with Crippen LogP contribution in [0.3, 0.4) is 0 Å². The van der Waals surface area contributed by atoms with Gasteiger partial charge in [0.1, 0.15) is 11.6 Å². The minimum absolute atomic E-state index is 0.0171. The van der Waals surface area contributed by atoms with Crippen molar-refractivity contribution in [2.75, 3.05) is 20.3 Å². The third-order valence-corrected chi connectivity index (χ3v) is 3.87. The van der Waals surface area contributed by atoms with Crippen molar-refractivity contribution in [3.05, 3.63) is 53.8 Å². The molecule has 4 nitrogen and oxygen atoms in total. The monoisotopic (exact) mass is 331 g/mol. The summed E-state index contributed by atoms with van der Waals surface area (Å²) in [6, 6.07) is 11.8. The van der Waals surface area contributed by atoms with E-state index in [1.807, 2.05) is 19.1 Å². The average Bonchev–Trinajstić information content (AvgIpc) is 2.60. The Bertz CT molecular complexity index is 686. The smallest absolute Gasteiger partial charge is 0.254 e. The number of carbonyl (C=O) groups excluding carboxylic acids is 1. The first kappa shape index (κ1) is 17.9. The predicted octanol–water partition coefficient (Wildman–Crippen LogP) is 3.25. The van der Waals surface area contributed by atoms with E-state index in [4.69, 9.17) is 9.84 Å². The maximum atomic E-state index is 14.3. The van der Waals surface area contributed by atoms with E-state index in [1.54, 1.807) is 25.3 Å². The van der Waals surface area contributed by atoms with E-state index < -0.39 is 11.7 Å². The second kappa shape index (κ2) is 8.45. The van der Waals surface area contributed by atoms with Crippen LogP contribution >= 0.6 is 0 Å². The molecule has 0 saturated carbocycles. The van der Waals surface area contributed by atoms with Crippen LogP contribution in [0.15, 0.2) is 42.5 Å². The van der Waals surface area contributed by atoms with E-state index in [2.05, 4.69) is 5.32 Å². The summed E-state index contributed by atoms with van der Waals surface area (Å²) in [5, 5.41) is 11.5. The fourth-order valence-electron chi connectivity index (χ4n) is 2.35. The van der Waals surface area contributed by atoms with Crippen LogP contribution in [0.4, 0.5) is 4.39 Å². The number of hydrogen-bond acceptors (Lipinski definition) is 3. The molecule has 0 heterocycles. The minimum atomic E-state index is -0.560. The zero-order valence-corrected chi connectivity index (χ0v) is 13.9. The molecule has 2 aromatic rings. The van der Waals surface area contributed by atoms with Gasteiger partial charge < -0.3 is 15.2 Å². The number of benzene rings is 2. The van der Waals surface area contributed by atoms with Gasteiger partial charge in [-0.1, -0.05) is 25.1 Å². The van der Waals surface area contributed by atoms with Gasteiger partial charge in [0.25, 0.3) is 5.91 Å². The van der Waals surface area contributed by atoms with Gasteiger partial charge in [-0.05, 0) is 47.7 Å². The topological polar surface area (TPSA) is 58.6 Å². The third kappa shape index (κ3) is 4.55. The van der Waals surface area contributed by atoms with Gasteiger partial charge in [-0.3, -0.25) is 4.79 Å². The molecule has 128 valence electrons. The zero-order chi connectivity index (χ0) is 17.5. The second-order valence-electron chi connectivity index (χ2n) is 5.75. The van der Waals surface area contributed by atoms with Gasteiger partial charge in [0.05, 0.1) is 12.7 Å². The summed E-state index contributed by atoms with van der Waals surface area (Å²) >= 11 is 0. The second-order valence-corrected chi connectivity index (χ2v) is 5.75. The van der Waals surface area contributed by atoms with Crippen LogP contribution < -0.4 is 10.1 Å². The predicted molar refractivity (Wildman–Crippen MR) is 91.6 cm³/mol. The van der Waals surface area contributed by atoms with E-state index >= 15 is 0 Å². The number of aliphatic hydroxyl groups excluding tert-OH is 1. The molecule has 0 fully saturated rings. The number of halogens is 1. The van der Waals surface area contributed by atoms with Crippen molar-refractivity contribution >= 4 is 5.91 Å². The van der Waals surface area contributed by atoms with Gasteiger partial charge in [0.2, 0.25) is 0 Å². The standard InChI is InChI=1S/C19H22FNO3/c1-13(9-10-22)12-21-19(23)17-8-5-15(11-18(17)20)14-3-6-16(24-2)7-4-14/h3-8,11,13,22H,9-10,12H2,1-2H3,(H,21,23). The summed E-state index contributed by atoms with van der Waals surface area (Å²) in [7, 11) is 1.59. The van der Waals surface area contributed by atoms with Crippen LogP contribution in [0.2, 0.25) is 0 Å². The first-order chi connectivity index (χ1) is 11.5. The van der Waals surface area contributed by atoms with Gasteiger partial charge in [-0.15, -0.1) is 0 Å². The molecule has 1 atom stereocenters. The Balaban J connectivity index is 2.09. The highest BCUT2D eigenvalue weighted by Crippen LogP contribution is 2.24. The molecule has 5 heteroatoms. The SMILES string of the molecule is COc1ccc(-c2ccc(C(=O)NCC(C)CCO)c(F)c2)cc1. The van der Waals surface area contributed by atoms with Crippen LogP contribution in [0.25, 0.3) is 11.1 Å². The molecular formula is C19H22FNO3. The molecule has 0 saturated heterocycles. The quantitative estimate of drug-likeness (QED) is 0.819. The van der Waals surface area contributed by atoms with E-state index in [1.165, 1.54) is 12.1 Å². The van der Waals surface area contributed by atoms with Gasteiger partial charge >= 0.3 is 0 Å². The van der Waals surface area contributed by atoms with Crippen molar-refractivity contribution in [3.63, 3.8) is 0 Å². The number of ether oxygens (including phenoxy) is 1. The number of methoxy groups -OCH3 is 1. The molecule has 0 aliphatic rings. The lowest BCUT2D eigenvalue weighted by Gasteiger charge is -2.12. The van der Waals surface area contributed by atoms with Crippen molar-refractivity contribution in [2.45, 2.75) is 13.3 Å². The first-order valence-corrected chi connectivity index (χ1v) is 7.88. The largest absolute Gasteiger partial charge is 0.497 e. The Kier molecular flexibility index (Phi) is 6.32. The van der Waals surface area contributed by atoms with Crippen molar-refractivity contribution in [3.8, 4) is 16.9 Å². The molecule has 0 aliphatic heterocycles. The average molecular weight is 331 g/mol. The summed E-state index contributed by atoms with van der Waals surface area (Å²) < 4.78 is 19.4. The van der Waals surface area contributed by atoms with Crippen LogP contribution in [0.5, 0.6) is 5.75 Å². The van der Waals surface area contributed by atoms with E-state index in [0.717, 1.165) is 11.3 Å². The van der Waals surface area contributed by atoms with E-state index in [-0.39, 0.29) is 18.1 Å². The van der Waals surface area contributed by atoms with Crippen LogP contribution in [-0.2, 0) is 0 Å². The Morgan fingerprint density at radius 3 is 2.46 bits per heavy atom. The van der Waals surface area contributed by atoms with Gasteiger partial charge in [-0.2, -0.15) is 0 Å². The highest BCUT2D eigenvalue weighted by molar-refractivity contribution is 5.95. The Labute approximate surface area is 141 Å². The van der Waals surface area contributed by atoms with Crippen molar-refractivity contribution in [2.24, 2.45) is 5.92 Å². The third-order valence-electron chi connectivity index (χ3n) is 3.87. The summed E-state index contributed by atoms with van der Waals surface area (Å²) in [5.74, 6) is -0.137. The molecule has 0 aliphatic carbocycles. The van der Waals surface area contributed by atoms with Gasteiger partial charge in [-0.25, -0.2) is 4.39 Å². The van der Waals surface area contributed by atoms with E-state index in [0.29, 0.717) is 18.5 Å². The highest BCUT2D eigenvalue weighted by Gasteiger charge is 2.13. The molecule has 2 aromatic carbocycles. The molecule has 1 unspecified atom stereocenters. The Morgan fingerprint density at radius 1 is 1.21 bits per heavy atom. The van der Waals surface area contributed by atoms with Crippen molar-refractivity contribution in [1.29, 1.82) is 0 Å². The number of rotatable bonds is 7.